The molecule has 0 amide bonds. The Balaban J connectivity index is 1.86. The first-order chi connectivity index (χ1) is 7.95. The summed E-state index contributed by atoms with van der Waals surface area (Å²) in [4.78, 5) is 2.63. The topological polar surface area (TPSA) is 15.3 Å². The van der Waals surface area contributed by atoms with Gasteiger partial charge in [0.05, 0.1) is 11.4 Å². The van der Waals surface area contributed by atoms with Gasteiger partial charge in [-0.1, -0.05) is 31.4 Å². The standard InChI is InChI=1S/C14H20N2/c1-2-6-12(7-3-1)16-11-10-15-13-8-4-5-9-14(13)16/h4-5,8-9,12,15H,1-3,6-7,10-11H2. The second-order valence-electron chi connectivity index (χ2n) is 4.93. The molecule has 86 valence electrons. The van der Waals surface area contributed by atoms with Crippen LogP contribution in [0.15, 0.2) is 24.3 Å². The highest BCUT2D eigenvalue weighted by atomic mass is 15.2. The van der Waals surface area contributed by atoms with Crippen LogP contribution in [0.5, 0.6) is 0 Å². The minimum atomic E-state index is 0.789. The maximum absolute atomic E-state index is 3.49. The molecule has 16 heavy (non-hydrogen) atoms. The summed E-state index contributed by atoms with van der Waals surface area (Å²) in [6.07, 6.45) is 7.03. The van der Waals surface area contributed by atoms with E-state index in [2.05, 4.69) is 34.5 Å². The Morgan fingerprint density at radius 1 is 1.06 bits per heavy atom. The van der Waals surface area contributed by atoms with Gasteiger partial charge in [-0.05, 0) is 25.0 Å². The second kappa shape index (κ2) is 4.36. The van der Waals surface area contributed by atoms with Crippen LogP contribution in [0.4, 0.5) is 11.4 Å². The van der Waals surface area contributed by atoms with E-state index >= 15 is 0 Å². The first-order valence-electron chi connectivity index (χ1n) is 6.55. The molecule has 1 saturated carbocycles. The van der Waals surface area contributed by atoms with Crippen molar-refractivity contribution in [1.82, 2.24) is 0 Å². The fraction of sp³-hybridized carbons (Fsp3) is 0.571. The highest BCUT2D eigenvalue weighted by Crippen LogP contribution is 2.34. The lowest BCUT2D eigenvalue weighted by molar-refractivity contribution is 0.415. The zero-order valence-electron chi connectivity index (χ0n) is 9.78. The summed E-state index contributed by atoms with van der Waals surface area (Å²) in [5, 5.41) is 3.49. The van der Waals surface area contributed by atoms with Gasteiger partial charge in [0.25, 0.3) is 0 Å². The van der Waals surface area contributed by atoms with E-state index in [0.29, 0.717) is 0 Å². The van der Waals surface area contributed by atoms with Crippen molar-refractivity contribution in [3.63, 3.8) is 0 Å². The zero-order chi connectivity index (χ0) is 10.8. The molecule has 1 N–H and O–H groups in total. The van der Waals surface area contributed by atoms with Crippen LogP contribution in [0.1, 0.15) is 32.1 Å². The van der Waals surface area contributed by atoms with E-state index < -0.39 is 0 Å². The van der Waals surface area contributed by atoms with E-state index in [1.54, 1.807) is 0 Å². The number of para-hydroxylation sites is 2. The van der Waals surface area contributed by atoms with Crippen molar-refractivity contribution in [3.05, 3.63) is 24.3 Å². The van der Waals surface area contributed by atoms with Crippen LogP contribution < -0.4 is 10.2 Å². The smallest absolute Gasteiger partial charge is 0.0605 e. The van der Waals surface area contributed by atoms with E-state index in [1.807, 2.05) is 0 Å². The Kier molecular flexibility index (Phi) is 2.73. The number of benzene rings is 1. The van der Waals surface area contributed by atoms with E-state index in [0.717, 1.165) is 12.6 Å². The molecule has 1 aromatic carbocycles. The lowest BCUT2D eigenvalue weighted by atomic mass is 9.93. The molecule has 3 rings (SSSR count). The molecule has 1 aromatic rings. The number of anilines is 2. The molecule has 0 atom stereocenters. The van der Waals surface area contributed by atoms with E-state index in [1.165, 1.54) is 50.0 Å². The third-order valence-corrected chi connectivity index (χ3v) is 3.90. The van der Waals surface area contributed by atoms with Gasteiger partial charge in [-0.2, -0.15) is 0 Å². The SMILES string of the molecule is c1ccc2c(c1)NCCN2C1CCCCC1. The molecule has 0 spiro atoms. The van der Waals surface area contributed by atoms with Crippen molar-refractivity contribution >= 4 is 11.4 Å². The van der Waals surface area contributed by atoms with Gasteiger partial charge in [0.15, 0.2) is 0 Å². The van der Waals surface area contributed by atoms with Crippen LogP contribution in [-0.4, -0.2) is 19.1 Å². The van der Waals surface area contributed by atoms with Gasteiger partial charge in [-0.15, -0.1) is 0 Å². The van der Waals surface area contributed by atoms with Crippen molar-refractivity contribution in [2.24, 2.45) is 0 Å². The Bertz CT molecular complexity index is 356. The van der Waals surface area contributed by atoms with E-state index in [-0.39, 0.29) is 0 Å². The molecule has 2 aliphatic rings. The van der Waals surface area contributed by atoms with Crippen molar-refractivity contribution in [1.29, 1.82) is 0 Å². The molecule has 1 heterocycles. The third kappa shape index (κ3) is 1.77. The summed E-state index contributed by atoms with van der Waals surface area (Å²) in [5.74, 6) is 0. The zero-order valence-corrected chi connectivity index (χ0v) is 9.78. The first kappa shape index (κ1) is 10.0. The van der Waals surface area contributed by atoms with E-state index in [4.69, 9.17) is 0 Å². The number of hydrogen-bond acceptors (Lipinski definition) is 2. The first-order valence-corrected chi connectivity index (χ1v) is 6.55. The minimum absolute atomic E-state index is 0.789. The number of rotatable bonds is 1. The molecule has 1 aliphatic heterocycles. The van der Waals surface area contributed by atoms with Crippen LogP contribution >= 0.6 is 0 Å². The van der Waals surface area contributed by atoms with Gasteiger partial charge in [-0.25, -0.2) is 0 Å². The maximum atomic E-state index is 3.49. The Hall–Kier alpha value is -1.18. The Labute approximate surface area is 97.6 Å². The maximum Gasteiger partial charge on any atom is 0.0605 e. The molecule has 0 bridgehead atoms. The minimum Gasteiger partial charge on any atom is -0.382 e. The van der Waals surface area contributed by atoms with Gasteiger partial charge in [0.2, 0.25) is 0 Å². The van der Waals surface area contributed by atoms with Gasteiger partial charge in [0, 0.05) is 19.1 Å². The molecule has 0 unspecified atom stereocenters. The van der Waals surface area contributed by atoms with Crippen molar-refractivity contribution < 1.29 is 0 Å². The summed E-state index contributed by atoms with van der Waals surface area (Å²) < 4.78 is 0. The highest BCUT2D eigenvalue weighted by Gasteiger charge is 2.24. The molecular weight excluding hydrogens is 196 g/mol. The predicted octanol–water partition coefficient (Wildman–Crippen LogP) is 3.25. The fourth-order valence-electron chi connectivity index (χ4n) is 3.08. The summed E-state index contributed by atoms with van der Waals surface area (Å²) >= 11 is 0. The number of nitrogens with one attached hydrogen (secondary N) is 1. The molecule has 2 nitrogen and oxygen atoms in total. The van der Waals surface area contributed by atoms with Crippen LogP contribution in [0.25, 0.3) is 0 Å². The third-order valence-electron chi connectivity index (χ3n) is 3.90. The van der Waals surface area contributed by atoms with Gasteiger partial charge in [0.1, 0.15) is 0 Å². The number of nitrogens with zero attached hydrogens (tertiary/aromatic N) is 1. The average molecular weight is 216 g/mol. The second-order valence-corrected chi connectivity index (χ2v) is 4.93. The van der Waals surface area contributed by atoms with Crippen LogP contribution in [-0.2, 0) is 0 Å². The normalized spacial score (nSPS) is 21.4. The monoisotopic (exact) mass is 216 g/mol. The predicted molar refractivity (Wildman–Crippen MR) is 69.2 cm³/mol. The summed E-state index contributed by atoms with van der Waals surface area (Å²) in [5.41, 5.74) is 2.74. The van der Waals surface area contributed by atoms with Crippen molar-refractivity contribution in [2.45, 2.75) is 38.1 Å². The fourth-order valence-corrected chi connectivity index (χ4v) is 3.08. The van der Waals surface area contributed by atoms with Crippen LogP contribution in [0.3, 0.4) is 0 Å². The largest absolute Gasteiger partial charge is 0.382 e. The van der Waals surface area contributed by atoms with E-state index in [9.17, 15) is 0 Å². The molecule has 2 heteroatoms. The number of fused-ring (bicyclic) bond motifs is 1. The van der Waals surface area contributed by atoms with Crippen LogP contribution in [0, 0.1) is 0 Å². The summed E-state index contributed by atoms with van der Waals surface area (Å²) in [6, 6.07) is 9.52. The molecule has 1 aliphatic carbocycles. The Morgan fingerprint density at radius 3 is 2.75 bits per heavy atom. The molecule has 0 radical (unpaired) electrons. The summed E-state index contributed by atoms with van der Waals surface area (Å²) in [7, 11) is 0. The lowest BCUT2D eigenvalue weighted by Gasteiger charge is -2.40. The van der Waals surface area contributed by atoms with Gasteiger partial charge in [-0.3, -0.25) is 0 Å². The van der Waals surface area contributed by atoms with Crippen molar-refractivity contribution in [2.75, 3.05) is 23.3 Å². The quantitative estimate of drug-likeness (QED) is 0.775. The average Bonchev–Trinajstić information content (AvgIpc) is 2.39. The molecule has 1 fully saturated rings. The highest BCUT2D eigenvalue weighted by molar-refractivity contribution is 5.72. The van der Waals surface area contributed by atoms with Gasteiger partial charge < -0.3 is 10.2 Å². The van der Waals surface area contributed by atoms with Crippen molar-refractivity contribution in [3.8, 4) is 0 Å². The van der Waals surface area contributed by atoms with Crippen LogP contribution in [0.2, 0.25) is 0 Å². The molecule has 0 aromatic heterocycles. The molecule has 0 saturated heterocycles. The number of hydrogen-bond donors (Lipinski definition) is 1. The lowest BCUT2D eigenvalue weighted by Crippen LogP contribution is -2.42. The molecular formula is C14H20N2. The Morgan fingerprint density at radius 2 is 1.88 bits per heavy atom. The summed E-state index contributed by atoms with van der Waals surface area (Å²) in [6.45, 7) is 2.26. The van der Waals surface area contributed by atoms with Gasteiger partial charge >= 0.3 is 0 Å².